The highest BCUT2D eigenvalue weighted by Gasteiger charge is 2.16. The summed E-state index contributed by atoms with van der Waals surface area (Å²) in [5.41, 5.74) is 4.43. The van der Waals surface area contributed by atoms with Crippen LogP contribution in [0.25, 0.3) is 0 Å². The van der Waals surface area contributed by atoms with Gasteiger partial charge >= 0.3 is 17.8 Å². The van der Waals surface area contributed by atoms with Gasteiger partial charge in [-0.05, 0) is 55.0 Å². The van der Waals surface area contributed by atoms with Gasteiger partial charge in [0.1, 0.15) is 0 Å². The number of amides is 2. The molecule has 0 atom stereocenters. The van der Waals surface area contributed by atoms with E-state index in [2.05, 4.69) is 15.8 Å². The largest absolute Gasteiger partial charge is 0.493 e. The summed E-state index contributed by atoms with van der Waals surface area (Å²) in [4.78, 5) is 36.3. The zero-order valence-corrected chi connectivity index (χ0v) is 18.6. The minimum Gasteiger partial charge on any atom is -0.493 e. The number of hydrogen-bond acceptors (Lipinski definition) is 6. The van der Waals surface area contributed by atoms with Crippen molar-refractivity contribution in [1.82, 2.24) is 5.43 Å². The molecule has 0 aliphatic heterocycles. The number of hydrogen-bond donors (Lipinski definition) is 2. The molecule has 2 N–H and O–H groups in total. The fourth-order valence-electron chi connectivity index (χ4n) is 2.67. The van der Waals surface area contributed by atoms with E-state index >= 15 is 0 Å². The molecule has 2 amide bonds. The molecule has 0 fully saturated rings. The van der Waals surface area contributed by atoms with E-state index in [4.69, 9.17) is 21.1 Å². The van der Waals surface area contributed by atoms with Crippen LogP contribution in [0.2, 0.25) is 5.02 Å². The molecule has 0 saturated heterocycles. The number of aryl methyl sites for hydroxylation is 1. The first-order valence-corrected chi connectivity index (χ1v) is 10.1. The van der Waals surface area contributed by atoms with Gasteiger partial charge in [0.2, 0.25) is 0 Å². The van der Waals surface area contributed by atoms with Crippen molar-refractivity contribution in [3.05, 3.63) is 88.4 Å². The summed E-state index contributed by atoms with van der Waals surface area (Å²) in [6.45, 7) is 1.91. The Labute approximate surface area is 195 Å². The number of nitrogens with one attached hydrogen (secondary N) is 2. The van der Waals surface area contributed by atoms with Gasteiger partial charge in [0.25, 0.3) is 0 Å². The minimum absolute atomic E-state index is 0.182. The van der Waals surface area contributed by atoms with Gasteiger partial charge in [0.05, 0.1) is 23.9 Å². The number of methoxy groups -OCH3 is 1. The number of rotatable bonds is 6. The van der Waals surface area contributed by atoms with Crippen molar-refractivity contribution in [3.8, 4) is 11.5 Å². The number of halogens is 1. The van der Waals surface area contributed by atoms with Gasteiger partial charge in [-0.25, -0.2) is 10.2 Å². The Morgan fingerprint density at radius 2 is 1.67 bits per heavy atom. The number of anilines is 1. The molecular weight excluding hydrogens is 446 g/mol. The molecule has 8 nitrogen and oxygen atoms in total. The number of esters is 1. The maximum atomic E-state index is 12.4. The molecule has 0 spiro atoms. The second-order valence-corrected chi connectivity index (χ2v) is 7.21. The smallest absolute Gasteiger partial charge is 0.345 e. The van der Waals surface area contributed by atoms with Crippen LogP contribution in [0.5, 0.6) is 11.5 Å². The number of nitrogens with zero attached hydrogens (tertiary/aromatic N) is 1. The molecule has 3 aromatic rings. The lowest BCUT2D eigenvalue weighted by atomic mass is 10.2. The lowest BCUT2D eigenvalue weighted by Gasteiger charge is -2.10. The number of carbonyl (C=O) groups excluding carboxylic acids is 3. The van der Waals surface area contributed by atoms with Crippen LogP contribution in [0.1, 0.15) is 21.5 Å². The van der Waals surface area contributed by atoms with Crippen LogP contribution < -0.4 is 20.2 Å². The minimum atomic E-state index is -0.927. The molecule has 9 heteroatoms. The monoisotopic (exact) mass is 465 g/mol. The molecule has 33 heavy (non-hydrogen) atoms. The summed E-state index contributed by atoms with van der Waals surface area (Å²) in [5.74, 6) is -1.96. The van der Waals surface area contributed by atoms with E-state index in [1.54, 1.807) is 48.5 Å². The first-order chi connectivity index (χ1) is 15.9. The van der Waals surface area contributed by atoms with E-state index in [0.29, 0.717) is 11.3 Å². The Bertz CT molecular complexity index is 1210. The van der Waals surface area contributed by atoms with Crippen molar-refractivity contribution in [1.29, 1.82) is 0 Å². The van der Waals surface area contributed by atoms with Crippen LogP contribution >= 0.6 is 11.6 Å². The molecule has 0 unspecified atom stereocenters. The Kier molecular flexibility index (Phi) is 7.77. The molecule has 0 radical (unpaired) electrons. The Morgan fingerprint density at radius 1 is 0.939 bits per heavy atom. The SMILES string of the molecule is COc1cc(/C=N/NC(=O)C(=O)Nc2ccc(C)cc2)ccc1OC(=O)c1ccccc1Cl. The van der Waals surface area contributed by atoms with Gasteiger partial charge in [-0.2, -0.15) is 5.10 Å². The Morgan fingerprint density at radius 3 is 2.36 bits per heavy atom. The molecule has 0 saturated carbocycles. The molecule has 0 aliphatic rings. The van der Waals surface area contributed by atoms with Crippen LogP contribution in [0.3, 0.4) is 0 Å². The summed E-state index contributed by atoms with van der Waals surface area (Å²) in [7, 11) is 1.42. The highest BCUT2D eigenvalue weighted by Crippen LogP contribution is 2.29. The van der Waals surface area contributed by atoms with Crippen LogP contribution in [0.4, 0.5) is 5.69 Å². The summed E-state index contributed by atoms with van der Waals surface area (Å²) >= 11 is 6.03. The maximum Gasteiger partial charge on any atom is 0.345 e. The average Bonchev–Trinajstić information content (AvgIpc) is 2.81. The van der Waals surface area contributed by atoms with Crippen molar-refractivity contribution in [2.24, 2.45) is 5.10 Å². The number of carbonyl (C=O) groups is 3. The van der Waals surface area contributed by atoms with Crippen molar-refractivity contribution in [3.63, 3.8) is 0 Å². The molecule has 0 aliphatic carbocycles. The molecular formula is C24H20ClN3O5. The third kappa shape index (κ3) is 6.41. The zero-order valence-electron chi connectivity index (χ0n) is 17.8. The normalized spacial score (nSPS) is 10.5. The third-order valence-electron chi connectivity index (χ3n) is 4.38. The second kappa shape index (κ2) is 10.9. The predicted octanol–water partition coefficient (Wildman–Crippen LogP) is 3.97. The van der Waals surface area contributed by atoms with Gasteiger partial charge in [0.15, 0.2) is 11.5 Å². The van der Waals surface area contributed by atoms with Gasteiger partial charge in [-0.15, -0.1) is 0 Å². The van der Waals surface area contributed by atoms with Gasteiger partial charge in [-0.1, -0.05) is 41.4 Å². The quantitative estimate of drug-likeness (QED) is 0.188. The van der Waals surface area contributed by atoms with Crippen molar-refractivity contribution >= 4 is 41.3 Å². The van der Waals surface area contributed by atoms with Crippen LogP contribution in [0, 0.1) is 6.92 Å². The number of hydrazone groups is 1. The van der Waals surface area contributed by atoms with Gasteiger partial charge < -0.3 is 14.8 Å². The second-order valence-electron chi connectivity index (χ2n) is 6.80. The lowest BCUT2D eigenvalue weighted by Crippen LogP contribution is -2.32. The van der Waals surface area contributed by atoms with Crippen LogP contribution in [-0.4, -0.2) is 31.1 Å². The van der Waals surface area contributed by atoms with E-state index in [1.165, 1.54) is 19.4 Å². The van der Waals surface area contributed by atoms with Crippen LogP contribution in [0.15, 0.2) is 71.8 Å². The van der Waals surface area contributed by atoms with Gasteiger partial charge in [-0.3, -0.25) is 9.59 Å². The first kappa shape index (κ1) is 23.5. The first-order valence-electron chi connectivity index (χ1n) is 9.73. The van der Waals surface area contributed by atoms with Gasteiger partial charge in [0, 0.05) is 5.69 Å². The average molecular weight is 466 g/mol. The standard InChI is InChI=1S/C24H20ClN3O5/c1-15-7-10-17(11-8-15)27-22(29)23(30)28-26-14-16-9-12-20(21(13-16)32-2)33-24(31)18-5-3-4-6-19(18)25/h3-14H,1-2H3,(H,27,29)(H,28,30)/b26-14+. The third-order valence-corrected chi connectivity index (χ3v) is 4.71. The number of ether oxygens (including phenoxy) is 2. The maximum absolute atomic E-state index is 12.4. The fourth-order valence-corrected chi connectivity index (χ4v) is 2.88. The molecule has 0 aromatic heterocycles. The topological polar surface area (TPSA) is 106 Å². The van der Waals surface area contributed by atoms with E-state index in [-0.39, 0.29) is 22.1 Å². The van der Waals surface area contributed by atoms with Crippen molar-refractivity contribution < 1.29 is 23.9 Å². The van der Waals surface area contributed by atoms with Crippen LogP contribution in [-0.2, 0) is 9.59 Å². The Hall–Kier alpha value is -4.17. The Balaban J connectivity index is 1.61. The molecule has 3 aromatic carbocycles. The number of benzene rings is 3. The lowest BCUT2D eigenvalue weighted by molar-refractivity contribution is -0.136. The highest BCUT2D eigenvalue weighted by molar-refractivity contribution is 6.39. The molecule has 0 bridgehead atoms. The predicted molar refractivity (Wildman–Crippen MR) is 125 cm³/mol. The van der Waals surface area contributed by atoms with Crippen molar-refractivity contribution in [2.45, 2.75) is 6.92 Å². The summed E-state index contributed by atoms with van der Waals surface area (Å²) in [6.07, 6.45) is 1.32. The van der Waals surface area contributed by atoms with Crippen molar-refractivity contribution in [2.75, 3.05) is 12.4 Å². The highest BCUT2D eigenvalue weighted by atomic mass is 35.5. The fraction of sp³-hybridized carbons (Fsp3) is 0.0833. The molecule has 3 rings (SSSR count). The summed E-state index contributed by atoms with van der Waals surface area (Å²) < 4.78 is 10.7. The van der Waals surface area contributed by atoms with E-state index in [0.717, 1.165) is 5.56 Å². The van der Waals surface area contributed by atoms with E-state index in [9.17, 15) is 14.4 Å². The molecule has 0 heterocycles. The van der Waals surface area contributed by atoms with E-state index < -0.39 is 17.8 Å². The summed E-state index contributed by atoms with van der Waals surface area (Å²) in [5, 5.41) is 6.52. The van der Waals surface area contributed by atoms with E-state index in [1.807, 2.05) is 19.1 Å². The summed E-state index contributed by atoms with van der Waals surface area (Å²) in [6, 6.07) is 18.2. The molecule has 168 valence electrons. The zero-order chi connectivity index (χ0) is 23.8.